The van der Waals surface area contributed by atoms with Gasteiger partial charge in [0.2, 0.25) is 0 Å². The maximum atomic E-state index is 5.78. The third-order valence-corrected chi connectivity index (χ3v) is 7.59. The van der Waals surface area contributed by atoms with Gasteiger partial charge in [-0.25, -0.2) is 0 Å². The lowest BCUT2D eigenvalue weighted by molar-refractivity contribution is 0.117. The highest BCUT2D eigenvalue weighted by Gasteiger charge is 2.18. The highest BCUT2D eigenvalue weighted by Crippen LogP contribution is 2.32. The van der Waals surface area contributed by atoms with Crippen LogP contribution in [0.5, 0.6) is 0 Å². The molecule has 1 nitrogen and oxygen atoms in total. The van der Waals surface area contributed by atoms with E-state index in [1.807, 2.05) is 0 Å². The number of allylic oxidation sites excluding steroid dienone is 2. The second-order valence-corrected chi connectivity index (χ2v) is 10.4. The van der Waals surface area contributed by atoms with Crippen molar-refractivity contribution >= 4 is 0 Å². The number of hydrogen-bond acceptors (Lipinski definition) is 1. The fourth-order valence-electron chi connectivity index (χ4n) is 5.31. The van der Waals surface area contributed by atoms with Gasteiger partial charge in [-0.1, -0.05) is 93.3 Å². The lowest BCUT2D eigenvalue weighted by atomic mass is 9.79. The second-order valence-electron chi connectivity index (χ2n) is 10.4. The van der Waals surface area contributed by atoms with Crippen molar-refractivity contribution in [2.75, 3.05) is 6.61 Å². The molecular formula is C33H48O. The first kappa shape index (κ1) is 26.7. The summed E-state index contributed by atoms with van der Waals surface area (Å²) < 4.78 is 5.78. The predicted octanol–water partition coefficient (Wildman–Crippen LogP) is 9.27. The molecule has 0 aliphatic heterocycles. The third kappa shape index (κ3) is 10.2. The summed E-state index contributed by atoms with van der Waals surface area (Å²) >= 11 is 0. The van der Waals surface area contributed by atoms with Gasteiger partial charge in [-0.3, -0.25) is 0 Å². The Labute approximate surface area is 210 Å². The summed E-state index contributed by atoms with van der Waals surface area (Å²) in [7, 11) is 0. The Bertz CT molecular complexity index is 793. The Balaban J connectivity index is 1.28. The summed E-state index contributed by atoms with van der Waals surface area (Å²) in [5.41, 5.74) is 5.65. The average Bonchev–Trinajstić information content (AvgIpc) is 2.88. The molecule has 0 N–H and O–H groups in total. The van der Waals surface area contributed by atoms with Crippen LogP contribution in [0.25, 0.3) is 0 Å². The van der Waals surface area contributed by atoms with Gasteiger partial charge in [-0.2, -0.15) is 0 Å². The van der Waals surface area contributed by atoms with Crippen LogP contribution in [0, 0.1) is 11.8 Å². The van der Waals surface area contributed by atoms with E-state index in [0.29, 0.717) is 0 Å². The van der Waals surface area contributed by atoms with Crippen molar-refractivity contribution < 1.29 is 4.74 Å². The fourth-order valence-corrected chi connectivity index (χ4v) is 5.31. The minimum atomic E-state index is 0.739. The molecule has 1 heteroatoms. The molecule has 1 fully saturated rings. The van der Waals surface area contributed by atoms with E-state index in [-0.39, 0.29) is 0 Å². The quantitative estimate of drug-likeness (QED) is 0.190. The number of rotatable bonds is 15. The number of unbranched alkanes of at least 4 members (excludes halogenated alkanes) is 3. The van der Waals surface area contributed by atoms with Gasteiger partial charge in [0.1, 0.15) is 0 Å². The SMILES string of the molecule is CC=C[C@H]1CC[C@H](CCCCc2ccc(CCc3ccc(COCCCCC)cc3)cc2)CC1. The van der Waals surface area contributed by atoms with Gasteiger partial charge < -0.3 is 4.74 Å². The van der Waals surface area contributed by atoms with Crippen LogP contribution in [0.4, 0.5) is 0 Å². The first-order valence-electron chi connectivity index (χ1n) is 14.1. The number of ether oxygens (including phenoxy) is 1. The zero-order valence-electron chi connectivity index (χ0n) is 21.9. The lowest BCUT2D eigenvalue weighted by Crippen LogP contribution is -2.13. The summed E-state index contributed by atoms with van der Waals surface area (Å²) in [5, 5.41) is 0. The monoisotopic (exact) mass is 460 g/mol. The molecule has 0 saturated heterocycles. The smallest absolute Gasteiger partial charge is 0.0716 e. The first-order valence-corrected chi connectivity index (χ1v) is 14.1. The van der Waals surface area contributed by atoms with E-state index in [0.717, 1.165) is 37.9 Å². The molecule has 2 aromatic rings. The molecule has 34 heavy (non-hydrogen) atoms. The van der Waals surface area contributed by atoms with Crippen molar-refractivity contribution in [1.82, 2.24) is 0 Å². The highest BCUT2D eigenvalue weighted by molar-refractivity contribution is 5.26. The summed E-state index contributed by atoms with van der Waals surface area (Å²) in [6.07, 6.45) is 21.7. The van der Waals surface area contributed by atoms with E-state index in [2.05, 4.69) is 74.5 Å². The predicted molar refractivity (Wildman–Crippen MR) is 147 cm³/mol. The molecule has 0 heterocycles. The van der Waals surface area contributed by atoms with Crippen LogP contribution in [0.3, 0.4) is 0 Å². The van der Waals surface area contributed by atoms with Gasteiger partial charge in [0.15, 0.2) is 0 Å². The molecule has 0 spiro atoms. The van der Waals surface area contributed by atoms with Gasteiger partial charge in [-0.15, -0.1) is 0 Å². The topological polar surface area (TPSA) is 9.23 Å². The van der Waals surface area contributed by atoms with Gasteiger partial charge in [-0.05, 0) is 98.8 Å². The standard InChI is InChI=1S/C33H48O/c1-3-5-8-26-34-27-33-24-22-32(23-25-33)21-20-31-18-16-30(17-19-31)11-7-6-10-29-14-12-28(9-4-2)13-15-29/h4,9,16-19,22-25,28-29H,3,5-8,10-15,20-21,26-27H2,1-2H3/t28-,29-. The first-order chi connectivity index (χ1) is 16.8. The van der Waals surface area contributed by atoms with Gasteiger partial charge in [0, 0.05) is 6.61 Å². The Hall–Kier alpha value is -1.86. The van der Waals surface area contributed by atoms with E-state index in [4.69, 9.17) is 4.74 Å². The zero-order chi connectivity index (χ0) is 23.8. The molecule has 0 amide bonds. The van der Waals surface area contributed by atoms with Gasteiger partial charge in [0.25, 0.3) is 0 Å². The molecule has 1 aliphatic carbocycles. The van der Waals surface area contributed by atoms with Crippen molar-refractivity contribution in [1.29, 1.82) is 0 Å². The third-order valence-electron chi connectivity index (χ3n) is 7.59. The van der Waals surface area contributed by atoms with E-state index in [1.165, 1.54) is 92.9 Å². The Kier molecular flexibility index (Phi) is 12.5. The van der Waals surface area contributed by atoms with E-state index < -0.39 is 0 Å². The van der Waals surface area contributed by atoms with Crippen molar-refractivity contribution in [3.63, 3.8) is 0 Å². The Morgan fingerprint density at radius 1 is 0.706 bits per heavy atom. The number of benzene rings is 2. The molecule has 186 valence electrons. The molecular weight excluding hydrogens is 412 g/mol. The average molecular weight is 461 g/mol. The van der Waals surface area contributed by atoms with E-state index in [1.54, 1.807) is 0 Å². The molecule has 2 aromatic carbocycles. The van der Waals surface area contributed by atoms with Crippen molar-refractivity contribution in [3.05, 3.63) is 82.9 Å². The largest absolute Gasteiger partial charge is 0.377 e. The molecule has 0 aromatic heterocycles. The number of hydrogen-bond donors (Lipinski definition) is 0. The summed E-state index contributed by atoms with van der Waals surface area (Å²) in [4.78, 5) is 0. The van der Waals surface area contributed by atoms with E-state index in [9.17, 15) is 0 Å². The maximum absolute atomic E-state index is 5.78. The lowest BCUT2D eigenvalue weighted by Gasteiger charge is -2.26. The Morgan fingerprint density at radius 3 is 1.88 bits per heavy atom. The second kappa shape index (κ2) is 15.9. The maximum Gasteiger partial charge on any atom is 0.0716 e. The van der Waals surface area contributed by atoms with Crippen LogP contribution in [-0.2, 0) is 30.6 Å². The summed E-state index contributed by atoms with van der Waals surface area (Å²) in [5.74, 6) is 1.84. The van der Waals surface area contributed by atoms with Crippen molar-refractivity contribution in [2.24, 2.45) is 11.8 Å². The normalized spacial score (nSPS) is 18.5. The van der Waals surface area contributed by atoms with Gasteiger partial charge >= 0.3 is 0 Å². The zero-order valence-corrected chi connectivity index (χ0v) is 21.9. The summed E-state index contributed by atoms with van der Waals surface area (Å²) in [6.45, 7) is 6.00. The van der Waals surface area contributed by atoms with Crippen LogP contribution in [0.2, 0.25) is 0 Å². The van der Waals surface area contributed by atoms with Crippen LogP contribution in [-0.4, -0.2) is 6.61 Å². The minimum Gasteiger partial charge on any atom is -0.377 e. The van der Waals surface area contributed by atoms with Crippen molar-refractivity contribution in [3.8, 4) is 0 Å². The van der Waals surface area contributed by atoms with E-state index >= 15 is 0 Å². The fraction of sp³-hybridized carbons (Fsp3) is 0.576. The van der Waals surface area contributed by atoms with Gasteiger partial charge in [0.05, 0.1) is 6.61 Å². The Morgan fingerprint density at radius 2 is 1.29 bits per heavy atom. The number of aryl methyl sites for hydroxylation is 3. The van der Waals surface area contributed by atoms with Crippen LogP contribution < -0.4 is 0 Å². The molecule has 0 unspecified atom stereocenters. The van der Waals surface area contributed by atoms with Crippen LogP contribution >= 0.6 is 0 Å². The molecule has 1 saturated carbocycles. The summed E-state index contributed by atoms with van der Waals surface area (Å²) in [6, 6.07) is 18.4. The van der Waals surface area contributed by atoms with Crippen molar-refractivity contribution in [2.45, 2.75) is 104 Å². The molecule has 0 bridgehead atoms. The molecule has 0 atom stereocenters. The molecule has 0 radical (unpaired) electrons. The molecule has 3 rings (SSSR count). The highest BCUT2D eigenvalue weighted by atomic mass is 16.5. The molecule has 1 aliphatic rings. The van der Waals surface area contributed by atoms with Crippen LogP contribution in [0.1, 0.15) is 100 Å². The van der Waals surface area contributed by atoms with Crippen LogP contribution in [0.15, 0.2) is 60.7 Å². The minimum absolute atomic E-state index is 0.739.